The smallest absolute Gasteiger partial charge is 0.243 e. The van der Waals surface area contributed by atoms with Crippen molar-refractivity contribution in [3.8, 4) is 0 Å². The van der Waals surface area contributed by atoms with Crippen molar-refractivity contribution in [2.45, 2.75) is 56.6 Å². The third-order valence-electron chi connectivity index (χ3n) is 5.52. The summed E-state index contributed by atoms with van der Waals surface area (Å²) in [6.07, 6.45) is 0.636. The number of hydrogen-bond acceptors (Lipinski definition) is 3. The number of nitrogens with zero attached hydrogens (tertiary/aromatic N) is 1. The fraction of sp³-hybridized carbons (Fsp3) is 0.310. The van der Waals surface area contributed by atoms with Gasteiger partial charge in [-0.05, 0) is 68.3 Å². The summed E-state index contributed by atoms with van der Waals surface area (Å²) in [5, 5.41) is 4.70. The zero-order valence-electron chi connectivity index (χ0n) is 21.1. The number of rotatable bonds is 10. The molecule has 196 valence electrons. The van der Waals surface area contributed by atoms with Crippen molar-refractivity contribution in [2.24, 2.45) is 0 Å². The minimum Gasteiger partial charge on any atom is -0.350 e. The van der Waals surface area contributed by atoms with Crippen LogP contribution in [0.15, 0.2) is 77.7 Å². The van der Waals surface area contributed by atoms with Crippen LogP contribution < -0.4 is 5.32 Å². The van der Waals surface area contributed by atoms with Gasteiger partial charge in [-0.25, -0.2) is 0 Å². The van der Waals surface area contributed by atoms with E-state index in [2.05, 4.69) is 5.32 Å². The highest BCUT2D eigenvalue weighted by atomic mass is 35.5. The molecule has 8 heteroatoms. The fourth-order valence-electron chi connectivity index (χ4n) is 3.77. The van der Waals surface area contributed by atoms with Crippen LogP contribution in [-0.4, -0.2) is 34.0 Å². The second kappa shape index (κ2) is 13.6. The Labute approximate surface area is 238 Å². The summed E-state index contributed by atoms with van der Waals surface area (Å²) in [4.78, 5) is 30.0. The largest absolute Gasteiger partial charge is 0.350 e. The maximum absolute atomic E-state index is 13.7. The highest BCUT2D eigenvalue weighted by molar-refractivity contribution is 7.99. The van der Waals surface area contributed by atoms with Crippen LogP contribution in [0.4, 0.5) is 0 Å². The lowest BCUT2D eigenvalue weighted by atomic mass is 10.0. The van der Waals surface area contributed by atoms with Crippen LogP contribution in [0.5, 0.6) is 0 Å². The molecule has 3 aromatic carbocycles. The normalized spacial score (nSPS) is 12.2. The number of hydrogen-bond donors (Lipinski definition) is 1. The summed E-state index contributed by atoms with van der Waals surface area (Å²) in [6, 6.07) is 21.7. The van der Waals surface area contributed by atoms with Crippen LogP contribution in [0.1, 0.15) is 38.3 Å². The molecule has 2 amide bonds. The van der Waals surface area contributed by atoms with E-state index in [4.69, 9.17) is 34.8 Å². The molecule has 0 spiro atoms. The third-order valence-corrected chi connectivity index (χ3v) is 7.38. The van der Waals surface area contributed by atoms with Gasteiger partial charge in [0.2, 0.25) is 11.8 Å². The molecule has 3 aromatic rings. The average Bonchev–Trinajstić information content (AvgIpc) is 2.83. The summed E-state index contributed by atoms with van der Waals surface area (Å²) in [6.45, 7) is 5.97. The number of thioether (sulfide) groups is 1. The van der Waals surface area contributed by atoms with E-state index in [0.29, 0.717) is 27.2 Å². The Balaban J connectivity index is 1.89. The molecule has 1 atom stereocenters. The lowest BCUT2D eigenvalue weighted by Gasteiger charge is -2.34. The van der Waals surface area contributed by atoms with Crippen LogP contribution in [-0.2, 0) is 22.6 Å². The van der Waals surface area contributed by atoms with Crippen molar-refractivity contribution in [3.05, 3.63) is 99.0 Å². The minimum absolute atomic E-state index is 0.127. The molecule has 4 nitrogen and oxygen atoms in total. The standard InChI is InChI=1S/C29H31Cl3N2O2S/c1-29(2,3)33-28(36)26(17-20-7-5-4-6-8-20)34(19-21-9-10-23(31)18-25(21)32)27(35)15-16-37-24-13-11-22(30)12-14-24/h4-14,18,26H,15-17,19H2,1-3H3,(H,33,36). The Morgan fingerprint density at radius 2 is 1.57 bits per heavy atom. The van der Waals surface area contributed by atoms with Gasteiger partial charge in [-0.1, -0.05) is 71.2 Å². The van der Waals surface area contributed by atoms with E-state index >= 15 is 0 Å². The topological polar surface area (TPSA) is 49.4 Å². The SMILES string of the molecule is CC(C)(C)NC(=O)C(Cc1ccccc1)N(Cc1ccc(Cl)cc1Cl)C(=O)CCSc1ccc(Cl)cc1. The summed E-state index contributed by atoms with van der Waals surface area (Å²) in [5.41, 5.74) is 1.24. The van der Waals surface area contributed by atoms with Gasteiger partial charge in [-0.2, -0.15) is 0 Å². The van der Waals surface area contributed by atoms with Crippen LogP contribution in [0, 0.1) is 0 Å². The van der Waals surface area contributed by atoms with Crippen LogP contribution in [0.2, 0.25) is 15.1 Å². The van der Waals surface area contributed by atoms with E-state index in [9.17, 15) is 9.59 Å². The first kappa shape index (κ1) is 29.4. The molecular formula is C29H31Cl3N2O2S. The Kier molecular flexibility index (Phi) is 10.8. The molecule has 37 heavy (non-hydrogen) atoms. The molecule has 0 saturated heterocycles. The Bertz CT molecular complexity index is 1200. The minimum atomic E-state index is -0.721. The van der Waals surface area contributed by atoms with Crippen LogP contribution in [0.3, 0.4) is 0 Å². The number of benzene rings is 3. The van der Waals surface area contributed by atoms with E-state index in [-0.39, 0.29) is 24.8 Å². The summed E-state index contributed by atoms with van der Waals surface area (Å²) in [7, 11) is 0. The predicted octanol–water partition coefficient (Wildman–Crippen LogP) is 7.68. The number of carbonyl (C=O) groups is 2. The fourth-order valence-corrected chi connectivity index (χ4v) is 5.21. The maximum Gasteiger partial charge on any atom is 0.243 e. The van der Waals surface area contributed by atoms with Gasteiger partial charge in [-0.15, -0.1) is 11.8 Å². The van der Waals surface area contributed by atoms with Crippen LogP contribution >= 0.6 is 46.6 Å². The molecule has 3 rings (SSSR count). The van der Waals surface area contributed by atoms with Crippen molar-refractivity contribution in [1.29, 1.82) is 0 Å². The molecule has 0 aliphatic carbocycles. The molecule has 1 N–H and O–H groups in total. The van der Waals surface area contributed by atoms with Gasteiger partial charge in [0.1, 0.15) is 6.04 Å². The lowest BCUT2D eigenvalue weighted by molar-refractivity contribution is -0.141. The Hall–Kier alpha value is -2.18. The molecule has 0 aromatic heterocycles. The summed E-state index contributed by atoms with van der Waals surface area (Å²) < 4.78 is 0. The number of amides is 2. The van der Waals surface area contributed by atoms with Crippen molar-refractivity contribution >= 4 is 58.4 Å². The Morgan fingerprint density at radius 1 is 0.919 bits per heavy atom. The first-order chi connectivity index (χ1) is 17.5. The molecule has 0 bridgehead atoms. The monoisotopic (exact) mass is 576 g/mol. The summed E-state index contributed by atoms with van der Waals surface area (Å²) >= 11 is 20.2. The van der Waals surface area contributed by atoms with Gasteiger partial charge < -0.3 is 10.2 Å². The lowest BCUT2D eigenvalue weighted by Crippen LogP contribution is -2.54. The second-order valence-electron chi connectivity index (χ2n) is 9.75. The number of halogens is 3. The quantitative estimate of drug-likeness (QED) is 0.251. The van der Waals surface area contributed by atoms with Crippen molar-refractivity contribution < 1.29 is 9.59 Å². The van der Waals surface area contributed by atoms with Crippen molar-refractivity contribution in [3.63, 3.8) is 0 Å². The van der Waals surface area contributed by atoms with Gasteiger partial charge in [0, 0.05) is 50.6 Å². The second-order valence-corrected chi connectivity index (χ2v) is 12.2. The molecule has 0 aliphatic heterocycles. The van der Waals surface area contributed by atoms with Gasteiger partial charge >= 0.3 is 0 Å². The molecule has 0 heterocycles. The molecule has 0 fully saturated rings. The van der Waals surface area contributed by atoms with Crippen LogP contribution in [0.25, 0.3) is 0 Å². The molecule has 0 radical (unpaired) electrons. The van der Waals surface area contributed by atoms with Gasteiger partial charge in [0.05, 0.1) is 0 Å². The van der Waals surface area contributed by atoms with Crippen molar-refractivity contribution in [2.75, 3.05) is 5.75 Å². The number of nitrogens with one attached hydrogen (secondary N) is 1. The van der Waals surface area contributed by atoms with E-state index in [1.807, 2.05) is 75.4 Å². The molecule has 1 unspecified atom stereocenters. The first-order valence-electron chi connectivity index (χ1n) is 12.0. The molecular weight excluding hydrogens is 547 g/mol. The zero-order chi connectivity index (χ0) is 27.0. The summed E-state index contributed by atoms with van der Waals surface area (Å²) in [5.74, 6) is 0.224. The van der Waals surface area contributed by atoms with E-state index in [0.717, 1.165) is 16.0 Å². The Morgan fingerprint density at radius 3 is 2.19 bits per heavy atom. The highest BCUT2D eigenvalue weighted by Gasteiger charge is 2.32. The molecule has 0 aliphatic rings. The van der Waals surface area contributed by atoms with Crippen molar-refractivity contribution in [1.82, 2.24) is 10.2 Å². The third kappa shape index (κ3) is 9.57. The van der Waals surface area contributed by atoms with Gasteiger partial charge in [0.15, 0.2) is 0 Å². The first-order valence-corrected chi connectivity index (χ1v) is 14.1. The van der Waals surface area contributed by atoms with E-state index in [1.165, 1.54) is 0 Å². The van der Waals surface area contributed by atoms with E-state index in [1.54, 1.807) is 34.9 Å². The van der Waals surface area contributed by atoms with Gasteiger partial charge in [-0.3, -0.25) is 9.59 Å². The number of carbonyl (C=O) groups excluding carboxylic acids is 2. The average molecular weight is 578 g/mol. The highest BCUT2D eigenvalue weighted by Crippen LogP contribution is 2.26. The van der Waals surface area contributed by atoms with Gasteiger partial charge in [0.25, 0.3) is 0 Å². The predicted molar refractivity (Wildman–Crippen MR) is 156 cm³/mol. The zero-order valence-corrected chi connectivity index (χ0v) is 24.2. The van der Waals surface area contributed by atoms with E-state index < -0.39 is 11.6 Å². The molecule has 0 saturated carbocycles. The maximum atomic E-state index is 13.7.